The number of nitrogens with one attached hydrogen (secondary N) is 1. The van der Waals surface area contributed by atoms with Gasteiger partial charge in [-0.15, -0.1) is 0 Å². The quantitative estimate of drug-likeness (QED) is 0.859. The number of hydrogen-bond acceptors (Lipinski definition) is 2. The number of carbonyl (C=O) groups is 1. The van der Waals surface area contributed by atoms with E-state index in [-0.39, 0.29) is 5.91 Å². The van der Waals surface area contributed by atoms with Gasteiger partial charge < -0.3 is 10.2 Å². The zero-order chi connectivity index (χ0) is 14.4. The van der Waals surface area contributed by atoms with E-state index in [4.69, 9.17) is 0 Å². The van der Waals surface area contributed by atoms with E-state index in [1.807, 2.05) is 0 Å². The third kappa shape index (κ3) is 2.20. The van der Waals surface area contributed by atoms with Gasteiger partial charge in [0.25, 0.3) is 5.91 Å². The number of nitrogens with zero attached hydrogens (tertiary/aromatic N) is 1. The van der Waals surface area contributed by atoms with Gasteiger partial charge in [0, 0.05) is 31.1 Å². The summed E-state index contributed by atoms with van der Waals surface area (Å²) >= 11 is 0. The molecule has 1 aliphatic carbocycles. The summed E-state index contributed by atoms with van der Waals surface area (Å²) in [5, 5.41) is 3.13. The SMILES string of the molecule is CN1C[C@@H]2CNC(=O)c3cc(C4=CCCC4)ccc3[C@H]2C1. The number of carbonyl (C=O) groups excluding carboxylic acids is 1. The summed E-state index contributed by atoms with van der Waals surface area (Å²) in [6.45, 7) is 2.95. The molecule has 1 fully saturated rings. The van der Waals surface area contributed by atoms with Gasteiger partial charge in [-0.05, 0) is 55.0 Å². The predicted molar refractivity (Wildman–Crippen MR) is 84.3 cm³/mol. The van der Waals surface area contributed by atoms with E-state index in [1.165, 1.54) is 29.5 Å². The minimum atomic E-state index is 0.113. The minimum Gasteiger partial charge on any atom is -0.352 e. The van der Waals surface area contributed by atoms with Crippen LogP contribution in [0.4, 0.5) is 0 Å². The fourth-order valence-electron chi connectivity index (χ4n) is 4.17. The van der Waals surface area contributed by atoms with E-state index in [1.54, 1.807) is 0 Å². The van der Waals surface area contributed by atoms with Crippen LogP contribution in [-0.2, 0) is 0 Å². The molecular formula is C18H22N2O. The van der Waals surface area contributed by atoms with Gasteiger partial charge in [0.2, 0.25) is 0 Å². The molecule has 3 aliphatic rings. The standard InChI is InChI=1S/C18H22N2O/c1-20-10-14-9-19-18(21)16-8-13(12-4-2-3-5-12)6-7-15(16)17(14)11-20/h4,6-8,14,17H,2-3,5,9-11H2,1H3,(H,19,21)/t14-,17-/m0/s1. The van der Waals surface area contributed by atoms with E-state index in [0.29, 0.717) is 11.8 Å². The minimum absolute atomic E-state index is 0.113. The fraction of sp³-hybridized carbons (Fsp3) is 0.500. The second-order valence-electron chi connectivity index (χ2n) is 6.72. The molecule has 4 rings (SSSR count). The molecule has 0 bridgehead atoms. The maximum absolute atomic E-state index is 12.4. The number of amides is 1. The molecule has 21 heavy (non-hydrogen) atoms. The molecule has 2 aliphatic heterocycles. The van der Waals surface area contributed by atoms with Gasteiger partial charge in [-0.3, -0.25) is 4.79 Å². The summed E-state index contributed by atoms with van der Waals surface area (Å²) in [7, 11) is 2.17. The zero-order valence-electron chi connectivity index (χ0n) is 12.6. The molecule has 1 N–H and O–H groups in total. The van der Waals surface area contributed by atoms with Crippen LogP contribution in [-0.4, -0.2) is 37.5 Å². The van der Waals surface area contributed by atoms with Gasteiger partial charge in [-0.25, -0.2) is 0 Å². The predicted octanol–water partition coefficient (Wildman–Crippen LogP) is 2.64. The highest BCUT2D eigenvalue weighted by molar-refractivity contribution is 5.97. The highest BCUT2D eigenvalue weighted by atomic mass is 16.1. The summed E-state index contributed by atoms with van der Waals surface area (Å²) in [5.41, 5.74) is 4.81. The maximum atomic E-state index is 12.4. The van der Waals surface area contributed by atoms with Gasteiger partial charge in [-0.2, -0.15) is 0 Å². The molecule has 1 aromatic carbocycles. The van der Waals surface area contributed by atoms with E-state index in [2.05, 4.69) is 41.5 Å². The Labute approximate surface area is 126 Å². The average molecular weight is 282 g/mol. The van der Waals surface area contributed by atoms with Crippen LogP contribution in [0.25, 0.3) is 5.57 Å². The first kappa shape index (κ1) is 13.1. The molecule has 0 unspecified atom stereocenters. The van der Waals surface area contributed by atoms with Gasteiger partial charge >= 0.3 is 0 Å². The van der Waals surface area contributed by atoms with Crippen LogP contribution in [0.5, 0.6) is 0 Å². The van der Waals surface area contributed by atoms with Gasteiger partial charge in [0.15, 0.2) is 0 Å². The van der Waals surface area contributed by atoms with Gasteiger partial charge in [0.1, 0.15) is 0 Å². The van der Waals surface area contributed by atoms with Crippen molar-refractivity contribution in [2.75, 3.05) is 26.7 Å². The summed E-state index contributed by atoms with van der Waals surface area (Å²) in [5.74, 6) is 1.16. The van der Waals surface area contributed by atoms with Crippen molar-refractivity contribution in [1.82, 2.24) is 10.2 Å². The summed E-state index contributed by atoms with van der Waals surface area (Å²) in [4.78, 5) is 14.8. The van der Waals surface area contributed by atoms with Crippen LogP contribution < -0.4 is 5.32 Å². The van der Waals surface area contributed by atoms with Crippen LogP contribution in [0.2, 0.25) is 0 Å². The molecule has 1 amide bonds. The third-order valence-corrected chi connectivity index (χ3v) is 5.26. The van der Waals surface area contributed by atoms with E-state index < -0.39 is 0 Å². The van der Waals surface area contributed by atoms with Crippen molar-refractivity contribution >= 4 is 11.5 Å². The largest absolute Gasteiger partial charge is 0.352 e. The molecular weight excluding hydrogens is 260 g/mol. The topological polar surface area (TPSA) is 32.3 Å². The Morgan fingerprint density at radius 3 is 3.00 bits per heavy atom. The number of allylic oxidation sites excluding steroid dienone is 2. The van der Waals surface area contributed by atoms with Crippen LogP contribution in [0.1, 0.15) is 46.7 Å². The Balaban J connectivity index is 1.77. The third-order valence-electron chi connectivity index (χ3n) is 5.26. The lowest BCUT2D eigenvalue weighted by Crippen LogP contribution is -2.29. The van der Waals surface area contributed by atoms with Gasteiger partial charge in [0.05, 0.1) is 0 Å². The summed E-state index contributed by atoms with van der Waals surface area (Å²) in [6.07, 6.45) is 5.89. The maximum Gasteiger partial charge on any atom is 0.251 e. The molecule has 0 radical (unpaired) electrons. The van der Waals surface area contributed by atoms with Crippen LogP contribution in [0.15, 0.2) is 24.3 Å². The van der Waals surface area contributed by atoms with E-state index in [0.717, 1.165) is 31.6 Å². The summed E-state index contributed by atoms with van der Waals surface area (Å²) < 4.78 is 0. The molecule has 1 saturated heterocycles. The van der Waals surface area contributed by atoms with Crippen molar-refractivity contribution in [3.8, 4) is 0 Å². The molecule has 0 spiro atoms. The second-order valence-corrected chi connectivity index (χ2v) is 6.72. The molecule has 3 heteroatoms. The highest BCUT2D eigenvalue weighted by Crippen LogP contribution is 2.37. The first-order valence-electron chi connectivity index (χ1n) is 8.02. The lowest BCUT2D eigenvalue weighted by molar-refractivity contribution is 0.0951. The molecule has 2 heterocycles. The number of likely N-dealkylation sites (tertiary alicyclic amines) is 1. The summed E-state index contributed by atoms with van der Waals surface area (Å²) in [6, 6.07) is 6.57. The number of rotatable bonds is 1. The number of likely N-dealkylation sites (N-methyl/N-ethyl adjacent to an activating group) is 1. The second kappa shape index (κ2) is 4.99. The lowest BCUT2D eigenvalue weighted by Gasteiger charge is -2.17. The van der Waals surface area contributed by atoms with Crippen molar-refractivity contribution in [3.05, 3.63) is 41.0 Å². The Morgan fingerprint density at radius 1 is 1.29 bits per heavy atom. The fourth-order valence-corrected chi connectivity index (χ4v) is 4.17. The average Bonchev–Trinajstić information content (AvgIpc) is 3.11. The number of benzene rings is 1. The first-order valence-corrected chi connectivity index (χ1v) is 8.02. The van der Waals surface area contributed by atoms with Crippen molar-refractivity contribution in [2.24, 2.45) is 5.92 Å². The zero-order valence-corrected chi connectivity index (χ0v) is 12.6. The van der Waals surface area contributed by atoms with Crippen molar-refractivity contribution in [3.63, 3.8) is 0 Å². The number of hydrogen-bond donors (Lipinski definition) is 1. The smallest absolute Gasteiger partial charge is 0.251 e. The monoisotopic (exact) mass is 282 g/mol. The molecule has 1 aromatic rings. The van der Waals surface area contributed by atoms with Gasteiger partial charge in [-0.1, -0.05) is 18.2 Å². The Morgan fingerprint density at radius 2 is 2.19 bits per heavy atom. The number of fused-ring (bicyclic) bond motifs is 3. The molecule has 110 valence electrons. The Hall–Kier alpha value is -1.61. The van der Waals surface area contributed by atoms with E-state index >= 15 is 0 Å². The van der Waals surface area contributed by atoms with Crippen LogP contribution in [0.3, 0.4) is 0 Å². The van der Waals surface area contributed by atoms with Crippen molar-refractivity contribution in [2.45, 2.75) is 25.2 Å². The lowest BCUT2D eigenvalue weighted by atomic mass is 9.86. The van der Waals surface area contributed by atoms with Crippen molar-refractivity contribution in [1.29, 1.82) is 0 Å². The molecule has 2 atom stereocenters. The van der Waals surface area contributed by atoms with Crippen LogP contribution >= 0.6 is 0 Å². The Kier molecular flexibility index (Phi) is 3.11. The normalized spacial score (nSPS) is 28.6. The molecule has 0 saturated carbocycles. The molecule has 3 nitrogen and oxygen atoms in total. The van der Waals surface area contributed by atoms with Crippen LogP contribution in [0, 0.1) is 5.92 Å². The molecule has 0 aromatic heterocycles. The van der Waals surface area contributed by atoms with Crippen molar-refractivity contribution < 1.29 is 4.79 Å². The van der Waals surface area contributed by atoms with E-state index in [9.17, 15) is 4.79 Å². The Bertz CT molecular complexity index is 620. The highest BCUT2D eigenvalue weighted by Gasteiger charge is 2.36. The first-order chi connectivity index (χ1) is 10.2.